The first-order chi connectivity index (χ1) is 12.6. The molecule has 1 aliphatic rings. The van der Waals surface area contributed by atoms with Crippen LogP contribution in [0, 0.1) is 0 Å². The van der Waals surface area contributed by atoms with E-state index in [1.165, 1.54) is 13.3 Å². The van der Waals surface area contributed by atoms with Crippen LogP contribution in [0.1, 0.15) is 37.8 Å². The van der Waals surface area contributed by atoms with Crippen molar-refractivity contribution in [2.24, 2.45) is 0 Å². The molecule has 2 amide bonds. The van der Waals surface area contributed by atoms with Crippen molar-refractivity contribution in [2.75, 3.05) is 23.7 Å². The molecule has 1 atom stereocenters. The Morgan fingerprint density at radius 1 is 0.885 bits per heavy atom. The molecule has 5 nitrogen and oxygen atoms in total. The van der Waals surface area contributed by atoms with E-state index in [4.69, 9.17) is 0 Å². The highest BCUT2D eigenvalue weighted by atomic mass is 16.2. The van der Waals surface area contributed by atoms with Crippen molar-refractivity contribution >= 4 is 23.2 Å². The predicted octanol–water partition coefficient (Wildman–Crippen LogP) is 3.81. The van der Waals surface area contributed by atoms with Crippen molar-refractivity contribution in [3.63, 3.8) is 0 Å². The molecule has 26 heavy (non-hydrogen) atoms. The van der Waals surface area contributed by atoms with Crippen LogP contribution in [0.2, 0.25) is 0 Å². The van der Waals surface area contributed by atoms with Crippen LogP contribution in [-0.2, 0) is 9.59 Å². The molecule has 136 valence electrons. The summed E-state index contributed by atoms with van der Waals surface area (Å²) in [6.07, 6.45) is 3.33. The van der Waals surface area contributed by atoms with Gasteiger partial charge in [0.1, 0.15) is 6.04 Å². The van der Waals surface area contributed by atoms with Crippen LogP contribution >= 0.6 is 0 Å². The lowest BCUT2D eigenvalue weighted by Crippen LogP contribution is -2.41. The molecule has 0 saturated carbocycles. The third-order valence-electron chi connectivity index (χ3n) is 4.56. The maximum Gasteiger partial charge on any atom is 0.249 e. The average Bonchev–Trinajstić information content (AvgIpc) is 2.68. The number of benzene rings is 2. The summed E-state index contributed by atoms with van der Waals surface area (Å²) in [4.78, 5) is 26.2. The zero-order valence-corrected chi connectivity index (χ0v) is 15.1. The number of nitrogens with zero attached hydrogens (tertiary/aromatic N) is 1. The Bertz CT molecular complexity index is 738. The molecule has 0 radical (unpaired) electrons. The van der Waals surface area contributed by atoms with Gasteiger partial charge in [-0.05, 0) is 49.1 Å². The molecule has 3 rings (SSSR count). The summed E-state index contributed by atoms with van der Waals surface area (Å²) in [6.45, 7) is 3.13. The first-order valence-corrected chi connectivity index (χ1v) is 9.11. The van der Waals surface area contributed by atoms with E-state index in [-0.39, 0.29) is 11.8 Å². The maximum absolute atomic E-state index is 13.1. The van der Waals surface area contributed by atoms with Gasteiger partial charge < -0.3 is 15.5 Å². The summed E-state index contributed by atoms with van der Waals surface area (Å²) in [6, 6.07) is 16.8. The van der Waals surface area contributed by atoms with E-state index < -0.39 is 6.04 Å². The number of carbonyl (C=O) groups excluding carboxylic acids is 2. The average molecular weight is 351 g/mol. The van der Waals surface area contributed by atoms with Crippen molar-refractivity contribution in [1.29, 1.82) is 0 Å². The summed E-state index contributed by atoms with van der Waals surface area (Å²) >= 11 is 0. The Kier molecular flexibility index (Phi) is 5.89. The zero-order chi connectivity index (χ0) is 18.4. The molecule has 2 aromatic rings. The van der Waals surface area contributed by atoms with E-state index in [1.807, 2.05) is 59.5 Å². The molecule has 1 saturated heterocycles. The van der Waals surface area contributed by atoms with Crippen molar-refractivity contribution in [3.8, 4) is 0 Å². The molecular weight excluding hydrogens is 326 g/mol. The van der Waals surface area contributed by atoms with Crippen molar-refractivity contribution in [2.45, 2.75) is 32.2 Å². The van der Waals surface area contributed by atoms with Gasteiger partial charge in [-0.3, -0.25) is 9.59 Å². The number of rotatable bonds is 5. The highest BCUT2D eigenvalue weighted by Crippen LogP contribution is 2.24. The number of anilines is 2. The Morgan fingerprint density at radius 3 is 2.12 bits per heavy atom. The number of piperidine rings is 1. The summed E-state index contributed by atoms with van der Waals surface area (Å²) in [5.41, 5.74) is 2.54. The summed E-state index contributed by atoms with van der Waals surface area (Å²) in [5, 5.41) is 6.12. The summed E-state index contributed by atoms with van der Waals surface area (Å²) in [5.74, 6) is 0.00925. The zero-order valence-electron chi connectivity index (χ0n) is 15.1. The van der Waals surface area contributed by atoms with Crippen molar-refractivity contribution < 1.29 is 9.59 Å². The minimum Gasteiger partial charge on any atom is -0.370 e. The molecule has 1 aliphatic heterocycles. The molecule has 0 bridgehead atoms. The van der Waals surface area contributed by atoms with Gasteiger partial charge in [0.15, 0.2) is 0 Å². The Balaban J connectivity index is 1.79. The number of amides is 2. The molecule has 0 aliphatic carbocycles. The molecular formula is C21H25N3O2. The van der Waals surface area contributed by atoms with E-state index >= 15 is 0 Å². The second-order valence-corrected chi connectivity index (χ2v) is 6.63. The fourth-order valence-electron chi connectivity index (χ4n) is 3.25. The van der Waals surface area contributed by atoms with Gasteiger partial charge in [-0.2, -0.15) is 0 Å². The molecule has 1 unspecified atom stereocenters. The fourth-order valence-corrected chi connectivity index (χ4v) is 3.25. The van der Waals surface area contributed by atoms with Gasteiger partial charge in [-0.15, -0.1) is 0 Å². The summed E-state index contributed by atoms with van der Waals surface area (Å²) < 4.78 is 0. The van der Waals surface area contributed by atoms with Gasteiger partial charge >= 0.3 is 0 Å². The standard InChI is InChI=1S/C21H25N3O2/c1-16(25)22-18-10-12-19(13-11-18)23-20(17-8-4-2-5-9-17)21(26)24-14-6-3-7-15-24/h2,4-5,8-13,20,23H,3,6-7,14-15H2,1H3,(H,22,25). The lowest BCUT2D eigenvalue weighted by molar-refractivity contribution is -0.133. The smallest absolute Gasteiger partial charge is 0.249 e. The number of likely N-dealkylation sites (tertiary alicyclic amines) is 1. The predicted molar refractivity (Wildman–Crippen MR) is 104 cm³/mol. The lowest BCUT2D eigenvalue weighted by atomic mass is 10.0. The normalized spacial score (nSPS) is 15.2. The molecule has 1 heterocycles. The topological polar surface area (TPSA) is 61.4 Å². The molecule has 5 heteroatoms. The number of hydrogen-bond donors (Lipinski definition) is 2. The Hall–Kier alpha value is -2.82. The first kappa shape index (κ1) is 18.0. The van der Waals surface area contributed by atoms with Gasteiger partial charge in [0.2, 0.25) is 11.8 Å². The van der Waals surface area contributed by atoms with Crippen LogP contribution in [0.3, 0.4) is 0 Å². The van der Waals surface area contributed by atoms with Crippen LogP contribution in [0.15, 0.2) is 54.6 Å². The molecule has 2 aromatic carbocycles. The second kappa shape index (κ2) is 8.52. The Morgan fingerprint density at radius 2 is 1.50 bits per heavy atom. The van der Waals surface area contributed by atoms with Gasteiger partial charge in [0.25, 0.3) is 0 Å². The summed E-state index contributed by atoms with van der Waals surface area (Å²) in [7, 11) is 0. The highest BCUT2D eigenvalue weighted by Gasteiger charge is 2.26. The van der Waals surface area contributed by atoms with Gasteiger partial charge in [0.05, 0.1) is 0 Å². The van der Waals surface area contributed by atoms with Crippen LogP contribution in [0.25, 0.3) is 0 Å². The molecule has 0 spiro atoms. The van der Waals surface area contributed by atoms with E-state index in [1.54, 1.807) is 0 Å². The van der Waals surface area contributed by atoms with Crippen molar-refractivity contribution in [1.82, 2.24) is 4.90 Å². The van der Waals surface area contributed by atoms with Crippen LogP contribution in [-0.4, -0.2) is 29.8 Å². The maximum atomic E-state index is 13.1. The van der Waals surface area contributed by atoms with E-state index in [0.717, 1.165) is 42.9 Å². The van der Waals surface area contributed by atoms with Gasteiger partial charge in [-0.1, -0.05) is 30.3 Å². The lowest BCUT2D eigenvalue weighted by Gasteiger charge is -2.31. The van der Waals surface area contributed by atoms with Gasteiger partial charge in [-0.25, -0.2) is 0 Å². The van der Waals surface area contributed by atoms with Crippen molar-refractivity contribution in [3.05, 3.63) is 60.2 Å². The first-order valence-electron chi connectivity index (χ1n) is 9.11. The van der Waals surface area contributed by atoms with E-state index in [2.05, 4.69) is 10.6 Å². The van der Waals surface area contributed by atoms with Crippen LogP contribution in [0.5, 0.6) is 0 Å². The molecule has 2 N–H and O–H groups in total. The van der Waals surface area contributed by atoms with Crippen LogP contribution < -0.4 is 10.6 Å². The minimum atomic E-state index is -0.416. The van der Waals surface area contributed by atoms with E-state index in [9.17, 15) is 9.59 Å². The highest BCUT2D eigenvalue weighted by molar-refractivity contribution is 5.89. The third-order valence-corrected chi connectivity index (χ3v) is 4.56. The largest absolute Gasteiger partial charge is 0.370 e. The second-order valence-electron chi connectivity index (χ2n) is 6.63. The Labute approximate surface area is 154 Å². The van der Waals surface area contributed by atoms with Gasteiger partial charge in [0, 0.05) is 31.4 Å². The number of nitrogens with one attached hydrogen (secondary N) is 2. The fraction of sp³-hybridized carbons (Fsp3) is 0.333. The van der Waals surface area contributed by atoms with E-state index in [0.29, 0.717) is 0 Å². The number of carbonyl (C=O) groups is 2. The monoisotopic (exact) mass is 351 g/mol. The van der Waals surface area contributed by atoms with Crippen LogP contribution in [0.4, 0.5) is 11.4 Å². The minimum absolute atomic E-state index is 0.104. The molecule has 1 fully saturated rings. The number of hydrogen-bond acceptors (Lipinski definition) is 3. The molecule has 0 aromatic heterocycles. The quantitative estimate of drug-likeness (QED) is 0.861. The SMILES string of the molecule is CC(=O)Nc1ccc(NC(C(=O)N2CCCCC2)c2ccccc2)cc1. The third kappa shape index (κ3) is 4.63.